The van der Waals surface area contributed by atoms with Gasteiger partial charge in [-0.2, -0.15) is 0 Å². The Kier molecular flexibility index (Phi) is 2.98. The lowest BCUT2D eigenvalue weighted by molar-refractivity contribution is 0.0698. The lowest BCUT2D eigenvalue weighted by Crippen LogP contribution is -2.12. The summed E-state index contributed by atoms with van der Waals surface area (Å²) in [5, 5.41) is 9.14. The molecule has 0 saturated heterocycles. The summed E-state index contributed by atoms with van der Waals surface area (Å²) in [6, 6.07) is 2.55. The van der Waals surface area contributed by atoms with Crippen LogP contribution in [0, 0.1) is 0 Å². The zero-order chi connectivity index (χ0) is 10.9. The van der Waals surface area contributed by atoms with Crippen molar-refractivity contribution >= 4 is 23.3 Å². The van der Waals surface area contributed by atoms with Gasteiger partial charge < -0.3 is 16.6 Å². The van der Waals surface area contributed by atoms with Gasteiger partial charge in [-0.05, 0) is 24.6 Å². The van der Waals surface area contributed by atoms with Gasteiger partial charge in [0.15, 0.2) is 0 Å². The molecule has 0 saturated carbocycles. The largest absolute Gasteiger partial charge is 0.478 e. The molecule has 0 aliphatic rings. The van der Waals surface area contributed by atoms with E-state index in [4.69, 9.17) is 28.2 Å². The first-order chi connectivity index (χ1) is 6.43. The molecule has 1 rings (SSSR count). The van der Waals surface area contributed by atoms with E-state index in [2.05, 4.69) is 0 Å². The second-order valence-corrected chi connectivity index (χ2v) is 3.49. The van der Waals surface area contributed by atoms with Gasteiger partial charge in [-0.25, -0.2) is 4.79 Å². The molecule has 0 fully saturated rings. The third kappa shape index (κ3) is 1.97. The topological polar surface area (TPSA) is 89.3 Å². The Bertz CT molecular complexity index is 377. The Hall–Kier alpha value is -1.26. The highest BCUT2D eigenvalue weighted by Crippen LogP contribution is 2.27. The smallest absolute Gasteiger partial charge is 0.337 e. The average Bonchev–Trinajstić information content (AvgIpc) is 2.07. The fraction of sp³-hybridized carbons (Fsp3) is 0.222. The Morgan fingerprint density at radius 3 is 2.57 bits per heavy atom. The quantitative estimate of drug-likeness (QED) is 0.653. The number of hydrogen-bond donors (Lipinski definition) is 3. The van der Waals surface area contributed by atoms with Gasteiger partial charge in [0.2, 0.25) is 0 Å². The van der Waals surface area contributed by atoms with Gasteiger partial charge >= 0.3 is 5.97 Å². The molecule has 0 aromatic heterocycles. The molecule has 14 heavy (non-hydrogen) atoms. The summed E-state index contributed by atoms with van der Waals surface area (Å²) in [5.41, 5.74) is 12.0. The van der Waals surface area contributed by atoms with Crippen molar-refractivity contribution in [1.82, 2.24) is 0 Å². The fourth-order valence-corrected chi connectivity index (χ4v) is 1.42. The molecule has 5 N–H and O–H groups in total. The highest BCUT2D eigenvalue weighted by atomic mass is 35.5. The van der Waals surface area contributed by atoms with Crippen LogP contribution in [-0.4, -0.2) is 11.1 Å². The van der Waals surface area contributed by atoms with E-state index in [1.54, 1.807) is 13.0 Å². The van der Waals surface area contributed by atoms with Crippen LogP contribution in [0.5, 0.6) is 0 Å². The molecule has 5 heteroatoms. The van der Waals surface area contributed by atoms with E-state index in [0.29, 0.717) is 10.6 Å². The number of halogens is 1. The van der Waals surface area contributed by atoms with E-state index in [1.165, 1.54) is 6.07 Å². The number of nitrogen functional groups attached to an aromatic ring is 1. The van der Waals surface area contributed by atoms with Crippen molar-refractivity contribution in [1.29, 1.82) is 0 Å². The summed E-state index contributed by atoms with van der Waals surface area (Å²) < 4.78 is 0. The minimum Gasteiger partial charge on any atom is -0.478 e. The minimum atomic E-state index is -1.10. The number of hydrogen-bond acceptors (Lipinski definition) is 3. The van der Waals surface area contributed by atoms with Gasteiger partial charge in [-0.3, -0.25) is 0 Å². The molecule has 1 unspecified atom stereocenters. The van der Waals surface area contributed by atoms with Gasteiger partial charge in [-0.1, -0.05) is 11.6 Å². The third-order valence-corrected chi connectivity index (χ3v) is 2.12. The van der Waals surface area contributed by atoms with Crippen molar-refractivity contribution in [3.63, 3.8) is 0 Å². The van der Waals surface area contributed by atoms with Crippen LogP contribution < -0.4 is 11.5 Å². The Balaban J connectivity index is 3.40. The van der Waals surface area contributed by atoms with E-state index in [0.717, 1.165) is 0 Å². The number of carboxylic acid groups (broad SMARTS) is 1. The number of rotatable bonds is 2. The van der Waals surface area contributed by atoms with E-state index in [1.807, 2.05) is 0 Å². The summed E-state index contributed by atoms with van der Waals surface area (Å²) in [6.07, 6.45) is 0. The van der Waals surface area contributed by atoms with Crippen molar-refractivity contribution in [3.05, 3.63) is 28.3 Å². The molecule has 0 spiro atoms. The van der Waals surface area contributed by atoms with Gasteiger partial charge in [0, 0.05) is 11.1 Å². The summed E-state index contributed by atoms with van der Waals surface area (Å²) in [4.78, 5) is 10.8. The molecule has 0 radical (unpaired) electrons. The Morgan fingerprint density at radius 1 is 1.57 bits per heavy atom. The maximum atomic E-state index is 10.8. The van der Waals surface area contributed by atoms with E-state index in [-0.39, 0.29) is 17.3 Å². The average molecular weight is 215 g/mol. The molecule has 1 atom stereocenters. The van der Waals surface area contributed by atoms with Gasteiger partial charge in [0.05, 0.1) is 11.3 Å². The summed E-state index contributed by atoms with van der Waals surface area (Å²) in [5.74, 6) is -1.10. The first-order valence-electron chi connectivity index (χ1n) is 4.01. The standard InChI is InChI=1S/C9H11ClN2O2/c1-4(11)6-2-5(10)3-7(8(6)12)9(13)14/h2-4H,11-12H2,1H3,(H,13,14). The number of carboxylic acids is 1. The van der Waals surface area contributed by atoms with Crippen LogP contribution in [0.25, 0.3) is 0 Å². The molecule has 0 heterocycles. The number of anilines is 1. The lowest BCUT2D eigenvalue weighted by atomic mass is 10.0. The van der Waals surface area contributed by atoms with Gasteiger partial charge in [-0.15, -0.1) is 0 Å². The normalized spacial score (nSPS) is 12.5. The second kappa shape index (κ2) is 3.86. The van der Waals surface area contributed by atoms with Gasteiger partial charge in [0.1, 0.15) is 0 Å². The SMILES string of the molecule is CC(N)c1cc(Cl)cc(C(=O)O)c1N. The zero-order valence-corrected chi connectivity index (χ0v) is 8.38. The molecular formula is C9H11ClN2O2. The van der Waals surface area contributed by atoms with Crippen LogP contribution in [0.1, 0.15) is 28.9 Å². The molecule has 0 aliphatic heterocycles. The first-order valence-corrected chi connectivity index (χ1v) is 4.39. The molecular weight excluding hydrogens is 204 g/mol. The van der Waals surface area contributed by atoms with Crippen molar-refractivity contribution in [2.75, 3.05) is 5.73 Å². The molecule has 4 nitrogen and oxygen atoms in total. The second-order valence-electron chi connectivity index (χ2n) is 3.05. The van der Waals surface area contributed by atoms with Gasteiger partial charge in [0.25, 0.3) is 0 Å². The maximum Gasteiger partial charge on any atom is 0.337 e. The molecule has 1 aromatic carbocycles. The van der Waals surface area contributed by atoms with Crippen LogP contribution in [0.4, 0.5) is 5.69 Å². The number of benzene rings is 1. The monoisotopic (exact) mass is 214 g/mol. The highest BCUT2D eigenvalue weighted by Gasteiger charge is 2.15. The minimum absolute atomic E-state index is 0.00944. The van der Waals surface area contributed by atoms with Crippen LogP contribution in [0.2, 0.25) is 5.02 Å². The molecule has 76 valence electrons. The number of carbonyl (C=O) groups is 1. The van der Waals surface area contributed by atoms with Crippen LogP contribution in [-0.2, 0) is 0 Å². The van der Waals surface area contributed by atoms with E-state index >= 15 is 0 Å². The van der Waals surface area contributed by atoms with E-state index < -0.39 is 5.97 Å². The van der Waals surface area contributed by atoms with Crippen molar-refractivity contribution < 1.29 is 9.90 Å². The van der Waals surface area contributed by atoms with Crippen LogP contribution in [0.3, 0.4) is 0 Å². The Labute approximate surface area is 86.5 Å². The predicted octanol–water partition coefficient (Wildman–Crippen LogP) is 1.64. The summed E-state index contributed by atoms with van der Waals surface area (Å²) >= 11 is 5.74. The van der Waals surface area contributed by atoms with Crippen molar-refractivity contribution in [2.45, 2.75) is 13.0 Å². The maximum absolute atomic E-state index is 10.8. The molecule has 1 aromatic rings. The number of nitrogens with two attached hydrogens (primary N) is 2. The molecule has 0 bridgehead atoms. The first kappa shape index (κ1) is 10.8. The van der Waals surface area contributed by atoms with Crippen molar-refractivity contribution in [2.24, 2.45) is 5.73 Å². The lowest BCUT2D eigenvalue weighted by Gasteiger charge is -2.12. The predicted molar refractivity (Wildman–Crippen MR) is 55.4 cm³/mol. The zero-order valence-electron chi connectivity index (χ0n) is 7.62. The molecule has 0 aliphatic carbocycles. The number of aromatic carboxylic acids is 1. The Morgan fingerprint density at radius 2 is 2.14 bits per heavy atom. The fourth-order valence-electron chi connectivity index (χ4n) is 1.19. The van der Waals surface area contributed by atoms with Crippen LogP contribution >= 0.6 is 11.6 Å². The summed E-state index contributed by atoms with van der Waals surface area (Å²) in [7, 11) is 0. The van der Waals surface area contributed by atoms with Crippen LogP contribution in [0.15, 0.2) is 12.1 Å². The summed E-state index contributed by atoms with van der Waals surface area (Å²) in [6.45, 7) is 1.72. The van der Waals surface area contributed by atoms with E-state index in [9.17, 15) is 4.79 Å². The molecule has 0 amide bonds. The highest BCUT2D eigenvalue weighted by molar-refractivity contribution is 6.31. The van der Waals surface area contributed by atoms with Crippen molar-refractivity contribution in [3.8, 4) is 0 Å². The third-order valence-electron chi connectivity index (χ3n) is 1.90.